The summed E-state index contributed by atoms with van der Waals surface area (Å²) in [4.78, 5) is 47.4. The Kier molecular flexibility index (Phi) is 7.64. The summed E-state index contributed by atoms with van der Waals surface area (Å²) in [6.45, 7) is 5.08. The van der Waals surface area contributed by atoms with Crippen LogP contribution in [0.15, 0.2) is 71.7 Å². The first kappa shape index (κ1) is 29.6. The van der Waals surface area contributed by atoms with Crippen molar-refractivity contribution in [1.29, 1.82) is 0 Å². The average molecular weight is 599 g/mol. The number of benzene rings is 4. The lowest BCUT2D eigenvalue weighted by Gasteiger charge is -2.23. The van der Waals surface area contributed by atoms with Crippen LogP contribution in [0.25, 0.3) is 32.9 Å². The summed E-state index contributed by atoms with van der Waals surface area (Å²) in [6, 6.07) is 17.0. The van der Waals surface area contributed by atoms with E-state index in [0.29, 0.717) is 38.7 Å². The first-order chi connectivity index (χ1) is 20.3. The molecule has 3 amide bonds. The molecule has 8 nitrogen and oxygen atoms in total. The number of hydrogen-bond donors (Lipinski definition) is 3. The van der Waals surface area contributed by atoms with E-state index >= 15 is 0 Å². The van der Waals surface area contributed by atoms with Crippen LogP contribution in [0.3, 0.4) is 0 Å². The number of nitrogens with zero attached hydrogens (tertiary/aromatic N) is 2. The van der Waals surface area contributed by atoms with E-state index in [4.69, 9.17) is 17.3 Å². The number of nitrogens with one attached hydrogen (secondary N) is 1. The Morgan fingerprint density at radius 2 is 1.79 bits per heavy atom. The van der Waals surface area contributed by atoms with Gasteiger partial charge >= 0.3 is 0 Å². The number of anilines is 1. The quantitative estimate of drug-likeness (QED) is 0.198. The second-order valence-electron chi connectivity index (χ2n) is 10.7. The van der Waals surface area contributed by atoms with Crippen molar-refractivity contribution in [2.45, 2.75) is 26.4 Å². The van der Waals surface area contributed by atoms with Gasteiger partial charge in [-0.3, -0.25) is 19.4 Å². The summed E-state index contributed by atoms with van der Waals surface area (Å²) < 4.78 is 14.0. The summed E-state index contributed by atoms with van der Waals surface area (Å²) in [6.07, 6.45) is 1.01. The van der Waals surface area contributed by atoms with Crippen LogP contribution in [0.5, 0.6) is 0 Å². The fraction of sp³-hybridized carbons (Fsp3) is 0.152. The monoisotopic (exact) mass is 598 g/mol. The number of H-pyrrole nitrogens is 1. The molecule has 0 fully saturated rings. The number of carbonyl (C=O) groups excluding carboxylic acids is 3. The lowest BCUT2D eigenvalue weighted by molar-refractivity contribution is -0.111. The molecular weight excluding hydrogens is 571 g/mol. The van der Waals surface area contributed by atoms with Crippen molar-refractivity contribution >= 4 is 63.0 Å². The van der Waals surface area contributed by atoms with Crippen LogP contribution in [0.2, 0.25) is 5.02 Å². The van der Waals surface area contributed by atoms with Crippen LogP contribution >= 0.6 is 11.6 Å². The molecule has 4 aromatic carbocycles. The van der Waals surface area contributed by atoms with E-state index in [0.717, 1.165) is 22.6 Å². The lowest BCUT2D eigenvalue weighted by atomic mass is 9.92. The van der Waals surface area contributed by atoms with E-state index in [2.05, 4.69) is 9.98 Å². The molecule has 1 aromatic heterocycles. The van der Waals surface area contributed by atoms with Crippen LogP contribution in [0.1, 0.15) is 45.7 Å². The molecule has 5 rings (SSSR count). The third-order valence-electron chi connectivity index (χ3n) is 7.35. The normalized spacial score (nSPS) is 11.9. The SMILES string of the molecule is CN=CC(=O)N(C(=O)c1cccc(F)c1)c1cccc(-c2c(Cl)cc(C(N)=O)c3[nH]c4cc(C(C)(C)O)ccc4c23)c1C. The number of primary amides is 1. The van der Waals surface area contributed by atoms with E-state index in [1.54, 1.807) is 51.1 Å². The number of nitrogens with two attached hydrogens (primary N) is 1. The summed E-state index contributed by atoms with van der Waals surface area (Å²) in [5, 5.41) is 12.1. The molecule has 0 unspecified atom stereocenters. The number of amides is 3. The zero-order valence-corrected chi connectivity index (χ0v) is 24.6. The van der Waals surface area contributed by atoms with Gasteiger partial charge < -0.3 is 15.8 Å². The number of imide groups is 1. The molecule has 0 spiro atoms. The first-order valence-corrected chi connectivity index (χ1v) is 13.7. The van der Waals surface area contributed by atoms with Crippen LogP contribution in [-0.2, 0) is 10.4 Å². The molecule has 0 aliphatic rings. The molecule has 0 radical (unpaired) electrons. The van der Waals surface area contributed by atoms with E-state index in [-0.39, 0.29) is 21.8 Å². The largest absolute Gasteiger partial charge is 0.386 e. The van der Waals surface area contributed by atoms with Crippen molar-refractivity contribution < 1.29 is 23.9 Å². The maximum absolute atomic E-state index is 14.0. The number of fused-ring (bicyclic) bond motifs is 3. The maximum Gasteiger partial charge on any atom is 0.276 e. The van der Waals surface area contributed by atoms with Crippen LogP contribution < -0.4 is 10.6 Å². The van der Waals surface area contributed by atoms with Gasteiger partial charge in [0.25, 0.3) is 17.7 Å². The van der Waals surface area contributed by atoms with Gasteiger partial charge in [0.15, 0.2) is 0 Å². The van der Waals surface area contributed by atoms with Gasteiger partial charge in [0.1, 0.15) is 5.82 Å². The smallest absolute Gasteiger partial charge is 0.276 e. The molecule has 43 heavy (non-hydrogen) atoms. The second-order valence-corrected chi connectivity index (χ2v) is 11.1. The highest BCUT2D eigenvalue weighted by Crippen LogP contribution is 2.44. The number of carbonyl (C=O) groups is 3. The molecule has 5 aromatic rings. The fourth-order valence-corrected chi connectivity index (χ4v) is 5.58. The number of halogens is 2. The van der Waals surface area contributed by atoms with E-state index in [9.17, 15) is 23.9 Å². The Hall–Kier alpha value is -4.86. The summed E-state index contributed by atoms with van der Waals surface area (Å²) in [7, 11) is 1.41. The van der Waals surface area contributed by atoms with E-state index < -0.39 is 29.1 Å². The van der Waals surface area contributed by atoms with Gasteiger partial charge in [-0.25, -0.2) is 9.29 Å². The number of rotatable bonds is 6. The zero-order chi connectivity index (χ0) is 31.2. The molecule has 0 saturated heterocycles. The second kappa shape index (κ2) is 11.1. The van der Waals surface area contributed by atoms with E-state index in [1.807, 2.05) is 6.07 Å². The highest BCUT2D eigenvalue weighted by molar-refractivity contribution is 6.41. The zero-order valence-electron chi connectivity index (χ0n) is 23.8. The fourth-order valence-electron chi connectivity index (χ4n) is 5.27. The Balaban J connectivity index is 1.80. The summed E-state index contributed by atoms with van der Waals surface area (Å²) >= 11 is 6.87. The Bertz CT molecular complexity index is 1990. The summed E-state index contributed by atoms with van der Waals surface area (Å²) in [5.74, 6) is -2.77. The van der Waals surface area contributed by atoms with Gasteiger partial charge in [-0.15, -0.1) is 0 Å². The molecule has 0 bridgehead atoms. The standard InChI is InChI=1S/C33H28ClFN4O4/c1-17-21(9-6-10-26(17)39(27(40)16-37-4)32(42)18-7-5-8-20(35)13-18)28-24(34)15-23(31(36)41)30-29(28)22-12-11-19(33(2,3)43)14-25(22)38-30/h5-16,38,43H,1-4H3,(H2,36,41). The van der Waals surface area contributed by atoms with E-state index in [1.165, 1.54) is 31.3 Å². The third kappa shape index (κ3) is 5.29. The molecule has 1 heterocycles. The van der Waals surface area contributed by atoms with Gasteiger partial charge in [-0.05, 0) is 73.9 Å². The predicted octanol–water partition coefficient (Wildman–Crippen LogP) is 6.29. The van der Waals surface area contributed by atoms with Gasteiger partial charge in [-0.1, -0.05) is 41.9 Å². The molecule has 0 aliphatic carbocycles. The van der Waals surface area contributed by atoms with Gasteiger partial charge in [0, 0.05) is 39.5 Å². The maximum atomic E-state index is 14.0. The molecule has 10 heteroatoms. The van der Waals surface area contributed by atoms with Crippen molar-refractivity contribution in [2.75, 3.05) is 11.9 Å². The predicted molar refractivity (Wildman–Crippen MR) is 167 cm³/mol. The van der Waals surface area contributed by atoms with Gasteiger partial charge in [-0.2, -0.15) is 0 Å². The topological polar surface area (TPSA) is 129 Å². The van der Waals surface area contributed by atoms with Crippen molar-refractivity contribution in [3.8, 4) is 11.1 Å². The minimum absolute atomic E-state index is 0.0202. The van der Waals surface area contributed by atoms with Crippen LogP contribution in [0, 0.1) is 12.7 Å². The van der Waals surface area contributed by atoms with Crippen molar-refractivity contribution in [3.63, 3.8) is 0 Å². The van der Waals surface area contributed by atoms with Gasteiger partial charge in [0.05, 0.1) is 28.6 Å². The van der Waals surface area contributed by atoms with Crippen molar-refractivity contribution in [2.24, 2.45) is 10.7 Å². The molecule has 0 saturated carbocycles. The number of aliphatic imine (C=N–C) groups is 1. The molecule has 0 atom stereocenters. The van der Waals surface area contributed by atoms with Crippen LogP contribution in [-0.4, -0.2) is 41.1 Å². The molecule has 218 valence electrons. The lowest BCUT2D eigenvalue weighted by Crippen LogP contribution is -2.38. The highest BCUT2D eigenvalue weighted by atomic mass is 35.5. The highest BCUT2D eigenvalue weighted by Gasteiger charge is 2.28. The Morgan fingerprint density at radius 1 is 1.07 bits per heavy atom. The summed E-state index contributed by atoms with van der Waals surface area (Å²) in [5.41, 5.74) is 8.39. The number of aromatic nitrogens is 1. The Morgan fingerprint density at radius 3 is 2.44 bits per heavy atom. The number of aromatic amines is 1. The third-order valence-corrected chi connectivity index (χ3v) is 7.65. The molecule has 4 N–H and O–H groups in total. The molecule has 0 aliphatic heterocycles. The Labute approximate surface area is 251 Å². The number of hydrogen-bond acceptors (Lipinski definition) is 5. The average Bonchev–Trinajstić information content (AvgIpc) is 3.32. The first-order valence-electron chi connectivity index (χ1n) is 13.3. The van der Waals surface area contributed by atoms with Gasteiger partial charge in [0.2, 0.25) is 0 Å². The minimum Gasteiger partial charge on any atom is -0.386 e. The van der Waals surface area contributed by atoms with Crippen molar-refractivity contribution in [3.05, 3.63) is 99.8 Å². The van der Waals surface area contributed by atoms with Crippen molar-refractivity contribution in [1.82, 2.24) is 4.98 Å². The number of aliphatic hydroxyl groups is 1. The van der Waals surface area contributed by atoms with Crippen LogP contribution in [0.4, 0.5) is 10.1 Å². The molecular formula is C33H28ClFN4O4. The minimum atomic E-state index is -1.12.